The van der Waals surface area contributed by atoms with Crippen LogP contribution in [0.1, 0.15) is 16.1 Å². The molecule has 0 spiro atoms. The highest BCUT2D eigenvalue weighted by atomic mass is 79.9. The Hall–Kier alpha value is -3.32. The molecular formula is C21H17BrN2O4. The molecule has 0 saturated carbocycles. The number of ether oxygens (including phenoxy) is 1. The van der Waals surface area contributed by atoms with E-state index in [2.05, 4.69) is 26.6 Å². The van der Waals surface area contributed by atoms with Gasteiger partial charge in [0.15, 0.2) is 0 Å². The fraction of sp³-hybridized carbons (Fsp3) is 0.0476. The molecule has 0 aliphatic carbocycles. The molecule has 0 bridgehead atoms. The van der Waals surface area contributed by atoms with Crippen molar-refractivity contribution in [1.82, 2.24) is 5.32 Å². The first-order chi connectivity index (χ1) is 13.5. The van der Waals surface area contributed by atoms with Gasteiger partial charge in [-0.25, -0.2) is 0 Å². The molecule has 0 aliphatic rings. The predicted molar refractivity (Wildman–Crippen MR) is 110 cm³/mol. The lowest BCUT2D eigenvalue weighted by Gasteiger charge is -2.11. The number of nitrogens with one attached hydrogen (secondary N) is 2. The van der Waals surface area contributed by atoms with Gasteiger partial charge in [0.2, 0.25) is 0 Å². The van der Waals surface area contributed by atoms with Crippen LogP contribution in [-0.4, -0.2) is 18.9 Å². The van der Waals surface area contributed by atoms with Gasteiger partial charge >= 0.3 is 0 Å². The number of hydrogen-bond donors (Lipinski definition) is 2. The molecule has 2 amide bonds. The molecule has 0 radical (unpaired) electrons. The summed E-state index contributed by atoms with van der Waals surface area (Å²) < 4.78 is 11.2. The van der Waals surface area contributed by atoms with E-state index in [0.717, 1.165) is 4.47 Å². The van der Waals surface area contributed by atoms with Gasteiger partial charge < -0.3 is 19.8 Å². The van der Waals surface area contributed by atoms with Crippen LogP contribution in [0.5, 0.6) is 5.75 Å². The maximum absolute atomic E-state index is 12.7. The van der Waals surface area contributed by atoms with E-state index in [4.69, 9.17) is 9.15 Å². The highest BCUT2D eigenvalue weighted by Gasteiger charge is 2.16. The molecule has 0 fully saturated rings. The van der Waals surface area contributed by atoms with Crippen molar-refractivity contribution in [2.45, 2.75) is 0 Å². The van der Waals surface area contributed by atoms with Gasteiger partial charge in [0, 0.05) is 21.8 Å². The first kappa shape index (κ1) is 19.4. The van der Waals surface area contributed by atoms with Crippen molar-refractivity contribution in [3.8, 4) is 5.75 Å². The molecule has 7 heteroatoms. The number of carbonyl (C=O) groups excluding carboxylic acids is 2. The average Bonchev–Trinajstić information content (AvgIpc) is 3.21. The van der Waals surface area contributed by atoms with Gasteiger partial charge in [-0.05, 0) is 60.7 Å². The topological polar surface area (TPSA) is 80.6 Å². The third-order valence-electron chi connectivity index (χ3n) is 3.78. The number of carbonyl (C=O) groups is 2. The van der Waals surface area contributed by atoms with Crippen molar-refractivity contribution in [1.29, 1.82) is 0 Å². The summed E-state index contributed by atoms with van der Waals surface area (Å²) in [6.07, 6.45) is 2.96. The van der Waals surface area contributed by atoms with Gasteiger partial charge in [-0.15, -0.1) is 0 Å². The van der Waals surface area contributed by atoms with Gasteiger partial charge in [0.05, 0.1) is 13.4 Å². The molecular weight excluding hydrogens is 424 g/mol. The average molecular weight is 441 g/mol. The van der Waals surface area contributed by atoms with E-state index in [-0.39, 0.29) is 5.70 Å². The summed E-state index contributed by atoms with van der Waals surface area (Å²) in [5.74, 6) is 0.228. The molecule has 2 aromatic carbocycles. The van der Waals surface area contributed by atoms with E-state index in [1.54, 1.807) is 67.8 Å². The molecule has 1 aromatic heterocycles. The number of amides is 2. The molecule has 0 atom stereocenters. The molecule has 0 saturated heterocycles. The largest absolute Gasteiger partial charge is 0.497 e. The van der Waals surface area contributed by atoms with Crippen LogP contribution in [0.4, 0.5) is 5.69 Å². The van der Waals surface area contributed by atoms with E-state index in [1.807, 2.05) is 0 Å². The Kier molecular flexibility index (Phi) is 6.29. The van der Waals surface area contributed by atoms with E-state index < -0.39 is 11.8 Å². The Labute approximate surface area is 170 Å². The van der Waals surface area contributed by atoms with E-state index in [0.29, 0.717) is 22.8 Å². The van der Waals surface area contributed by atoms with Crippen LogP contribution in [0.2, 0.25) is 0 Å². The van der Waals surface area contributed by atoms with Crippen LogP contribution >= 0.6 is 15.9 Å². The molecule has 3 aromatic rings. The van der Waals surface area contributed by atoms with E-state index in [1.165, 1.54) is 12.3 Å². The van der Waals surface area contributed by atoms with Gasteiger partial charge in [-0.2, -0.15) is 0 Å². The highest BCUT2D eigenvalue weighted by Crippen LogP contribution is 2.17. The molecule has 0 aliphatic heterocycles. The van der Waals surface area contributed by atoms with Crippen molar-refractivity contribution in [2.24, 2.45) is 0 Å². The Bertz CT molecular complexity index is 978. The molecule has 2 N–H and O–H groups in total. The molecule has 6 nitrogen and oxygen atoms in total. The molecule has 0 unspecified atom stereocenters. The smallest absolute Gasteiger partial charge is 0.272 e. The summed E-state index contributed by atoms with van der Waals surface area (Å²) in [5, 5.41) is 5.39. The zero-order chi connectivity index (χ0) is 19.9. The summed E-state index contributed by atoms with van der Waals surface area (Å²) in [6.45, 7) is 0. The number of halogens is 1. The van der Waals surface area contributed by atoms with Crippen LogP contribution in [0, 0.1) is 0 Å². The monoisotopic (exact) mass is 440 g/mol. The maximum atomic E-state index is 12.7. The minimum Gasteiger partial charge on any atom is -0.497 e. The summed E-state index contributed by atoms with van der Waals surface area (Å²) in [5.41, 5.74) is 1.04. The Morgan fingerprint density at radius 1 is 1.04 bits per heavy atom. The van der Waals surface area contributed by atoms with Gasteiger partial charge in [0.25, 0.3) is 11.8 Å². The maximum Gasteiger partial charge on any atom is 0.272 e. The van der Waals surface area contributed by atoms with Crippen molar-refractivity contribution in [3.05, 3.63) is 88.4 Å². The fourth-order valence-corrected chi connectivity index (χ4v) is 2.61. The Balaban J connectivity index is 1.80. The van der Waals surface area contributed by atoms with Crippen molar-refractivity contribution in [2.75, 3.05) is 12.4 Å². The minimum absolute atomic E-state index is 0.0543. The number of rotatable bonds is 6. The number of benzene rings is 2. The Morgan fingerprint density at radius 2 is 1.75 bits per heavy atom. The normalized spacial score (nSPS) is 11.0. The standard InChI is InChI=1S/C21H17BrN2O4/c1-27-17-10-8-16(9-11-17)23-21(26)19(13-18-3-2-12-28-18)24-20(25)14-4-6-15(22)7-5-14/h2-13H,1H3,(H,23,26)(H,24,25)/b19-13-. The lowest BCUT2D eigenvalue weighted by Crippen LogP contribution is -2.30. The van der Waals surface area contributed by atoms with Crippen LogP contribution < -0.4 is 15.4 Å². The molecule has 142 valence electrons. The van der Waals surface area contributed by atoms with Gasteiger partial charge in [0.1, 0.15) is 17.2 Å². The predicted octanol–water partition coefficient (Wildman–Crippen LogP) is 4.46. The Morgan fingerprint density at radius 3 is 2.36 bits per heavy atom. The van der Waals surface area contributed by atoms with Gasteiger partial charge in [-0.3, -0.25) is 9.59 Å². The molecule has 1 heterocycles. The summed E-state index contributed by atoms with van der Waals surface area (Å²) in [6, 6.07) is 17.1. The van der Waals surface area contributed by atoms with Crippen LogP contribution in [-0.2, 0) is 4.79 Å². The summed E-state index contributed by atoms with van der Waals surface area (Å²) in [7, 11) is 1.56. The summed E-state index contributed by atoms with van der Waals surface area (Å²) >= 11 is 3.33. The van der Waals surface area contributed by atoms with Crippen molar-refractivity contribution >= 4 is 39.5 Å². The number of methoxy groups -OCH3 is 1. The second-order valence-electron chi connectivity index (χ2n) is 5.72. The number of hydrogen-bond acceptors (Lipinski definition) is 4. The molecule has 3 rings (SSSR count). The fourth-order valence-electron chi connectivity index (χ4n) is 2.34. The number of anilines is 1. The van der Waals surface area contributed by atoms with Crippen molar-refractivity contribution < 1.29 is 18.7 Å². The van der Waals surface area contributed by atoms with Crippen LogP contribution in [0.25, 0.3) is 6.08 Å². The first-order valence-electron chi connectivity index (χ1n) is 8.32. The lowest BCUT2D eigenvalue weighted by molar-refractivity contribution is -0.113. The second kappa shape index (κ2) is 9.05. The quantitative estimate of drug-likeness (QED) is 0.554. The first-order valence-corrected chi connectivity index (χ1v) is 9.12. The highest BCUT2D eigenvalue weighted by molar-refractivity contribution is 9.10. The third-order valence-corrected chi connectivity index (χ3v) is 4.31. The lowest BCUT2D eigenvalue weighted by atomic mass is 10.2. The zero-order valence-electron chi connectivity index (χ0n) is 14.9. The van der Waals surface area contributed by atoms with Crippen molar-refractivity contribution in [3.63, 3.8) is 0 Å². The summed E-state index contributed by atoms with van der Waals surface area (Å²) in [4.78, 5) is 25.3. The van der Waals surface area contributed by atoms with E-state index >= 15 is 0 Å². The second-order valence-corrected chi connectivity index (χ2v) is 6.63. The molecule has 28 heavy (non-hydrogen) atoms. The van der Waals surface area contributed by atoms with E-state index in [9.17, 15) is 9.59 Å². The SMILES string of the molecule is COc1ccc(NC(=O)/C(=C/c2ccco2)NC(=O)c2ccc(Br)cc2)cc1. The number of furan rings is 1. The third kappa shape index (κ3) is 5.11. The van der Waals surface area contributed by atoms with Gasteiger partial charge in [-0.1, -0.05) is 15.9 Å². The van der Waals surface area contributed by atoms with Crippen LogP contribution in [0.15, 0.2) is 81.5 Å². The van der Waals surface area contributed by atoms with Crippen LogP contribution in [0.3, 0.4) is 0 Å². The minimum atomic E-state index is -0.480. The zero-order valence-corrected chi connectivity index (χ0v) is 16.5.